The summed E-state index contributed by atoms with van der Waals surface area (Å²) in [5.41, 5.74) is 0. The number of hydrogen-bond acceptors (Lipinski definition) is 4. The Bertz CT molecular complexity index is 759. The summed E-state index contributed by atoms with van der Waals surface area (Å²) in [5.74, 6) is 0. The molecule has 0 bridgehead atoms. The second-order valence-electron chi connectivity index (χ2n) is 3.62. The van der Waals surface area contributed by atoms with Crippen LogP contribution in [0, 0.1) is 0 Å². The first-order valence-corrected chi connectivity index (χ1v) is 7.55. The Balaban J connectivity index is 0.00000180. The standard InChI is InChI=1S/C10H8O6S2.Li.H/c11-17(12,13)9-3-1-7-2-4-10(18(14,15)16)6-8(7)5-9;;/h1-6H,(H,11,12,13)(H,14,15,16);;. The third-order valence-electron chi connectivity index (χ3n) is 2.38. The first-order chi connectivity index (χ1) is 8.18. The van der Waals surface area contributed by atoms with Crippen LogP contribution in [0.3, 0.4) is 0 Å². The summed E-state index contributed by atoms with van der Waals surface area (Å²) >= 11 is 0. The molecule has 0 spiro atoms. The van der Waals surface area contributed by atoms with Gasteiger partial charge in [-0.25, -0.2) is 0 Å². The summed E-state index contributed by atoms with van der Waals surface area (Å²) in [4.78, 5) is -0.690. The van der Waals surface area contributed by atoms with Crippen LogP contribution < -0.4 is 0 Å². The Hall–Kier alpha value is -0.883. The van der Waals surface area contributed by atoms with Gasteiger partial charge in [-0.1, -0.05) is 12.1 Å². The predicted molar refractivity (Wildman–Crippen MR) is 70.7 cm³/mol. The second-order valence-corrected chi connectivity index (χ2v) is 6.46. The molecule has 0 unspecified atom stereocenters. The molecule has 9 heteroatoms. The molecule has 0 heterocycles. The van der Waals surface area contributed by atoms with E-state index in [0.717, 1.165) is 12.1 Å². The fourth-order valence-electron chi connectivity index (χ4n) is 1.52. The molecule has 2 aromatic carbocycles. The van der Waals surface area contributed by atoms with Gasteiger partial charge in [0.25, 0.3) is 20.2 Å². The van der Waals surface area contributed by atoms with Gasteiger partial charge in [0.2, 0.25) is 0 Å². The maximum absolute atomic E-state index is 10.9. The van der Waals surface area contributed by atoms with Gasteiger partial charge >= 0.3 is 18.9 Å². The van der Waals surface area contributed by atoms with E-state index in [-0.39, 0.29) is 34.0 Å². The van der Waals surface area contributed by atoms with Gasteiger partial charge in [-0.2, -0.15) is 16.8 Å². The van der Waals surface area contributed by atoms with E-state index < -0.39 is 20.2 Å². The van der Waals surface area contributed by atoms with Gasteiger partial charge < -0.3 is 0 Å². The molecule has 0 aromatic heterocycles. The molecule has 0 aliphatic heterocycles. The fourth-order valence-corrected chi connectivity index (χ4v) is 2.56. The third-order valence-corrected chi connectivity index (χ3v) is 4.08. The summed E-state index contributed by atoms with van der Waals surface area (Å²) in [6.45, 7) is 0. The van der Waals surface area contributed by atoms with Crippen molar-refractivity contribution in [3.63, 3.8) is 0 Å². The number of benzene rings is 2. The fraction of sp³-hybridized carbons (Fsp3) is 0. The van der Waals surface area contributed by atoms with Crippen LogP contribution in [0.25, 0.3) is 10.8 Å². The van der Waals surface area contributed by atoms with Gasteiger partial charge in [0.15, 0.2) is 0 Å². The second kappa shape index (κ2) is 5.24. The summed E-state index contributed by atoms with van der Waals surface area (Å²) in [6, 6.07) is 7.49. The van der Waals surface area contributed by atoms with Crippen molar-refractivity contribution in [2.45, 2.75) is 9.79 Å². The molecule has 0 saturated heterocycles. The Morgan fingerprint density at radius 3 is 1.37 bits per heavy atom. The average Bonchev–Trinajstić information content (AvgIpc) is 2.25. The van der Waals surface area contributed by atoms with Crippen molar-refractivity contribution in [3.8, 4) is 0 Å². The first-order valence-electron chi connectivity index (χ1n) is 4.67. The predicted octanol–water partition coefficient (Wildman–Crippen LogP) is 0.685. The number of rotatable bonds is 2. The summed E-state index contributed by atoms with van der Waals surface area (Å²) in [5, 5.41) is 0.857. The van der Waals surface area contributed by atoms with Crippen molar-refractivity contribution in [2.24, 2.45) is 0 Å². The topological polar surface area (TPSA) is 109 Å². The Morgan fingerprint density at radius 2 is 1.05 bits per heavy atom. The molecular formula is C10H9LiO6S2. The van der Waals surface area contributed by atoms with E-state index in [1.165, 1.54) is 24.3 Å². The quantitative estimate of drug-likeness (QED) is 0.623. The Morgan fingerprint density at radius 1 is 0.684 bits per heavy atom. The van der Waals surface area contributed by atoms with Crippen molar-refractivity contribution in [2.75, 3.05) is 0 Å². The van der Waals surface area contributed by atoms with E-state index in [2.05, 4.69) is 0 Å². The first kappa shape index (κ1) is 16.2. The molecule has 0 amide bonds. The van der Waals surface area contributed by atoms with Gasteiger partial charge in [-0.3, -0.25) is 9.11 Å². The van der Waals surface area contributed by atoms with Crippen LogP contribution in [0.1, 0.15) is 0 Å². The van der Waals surface area contributed by atoms with Gasteiger partial charge in [0, 0.05) is 0 Å². The van der Waals surface area contributed by atoms with Crippen LogP contribution >= 0.6 is 0 Å². The van der Waals surface area contributed by atoms with Gasteiger partial charge in [-0.05, 0) is 35.0 Å². The van der Waals surface area contributed by atoms with Crippen molar-refractivity contribution < 1.29 is 25.9 Å². The monoisotopic (exact) mass is 296 g/mol. The molecule has 19 heavy (non-hydrogen) atoms. The van der Waals surface area contributed by atoms with Gasteiger partial charge in [-0.15, -0.1) is 0 Å². The minimum absolute atomic E-state index is 0. The van der Waals surface area contributed by atoms with Crippen LogP contribution in [-0.2, 0) is 20.2 Å². The van der Waals surface area contributed by atoms with Crippen molar-refractivity contribution in [1.82, 2.24) is 0 Å². The zero-order valence-electron chi connectivity index (χ0n) is 8.81. The number of hydrogen-bond donors (Lipinski definition) is 2. The zero-order chi connectivity index (χ0) is 13.6. The Kier molecular flexibility index (Phi) is 4.46. The molecule has 0 aliphatic carbocycles. The molecule has 0 fully saturated rings. The van der Waals surface area contributed by atoms with Crippen molar-refractivity contribution in [3.05, 3.63) is 36.4 Å². The van der Waals surface area contributed by atoms with E-state index >= 15 is 0 Å². The van der Waals surface area contributed by atoms with Crippen molar-refractivity contribution in [1.29, 1.82) is 0 Å². The minimum atomic E-state index is -4.35. The molecule has 0 atom stereocenters. The van der Waals surface area contributed by atoms with Crippen LogP contribution in [0.5, 0.6) is 0 Å². The number of fused-ring (bicyclic) bond motifs is 1. The van der Waals surface area contributed by atoms with Crippen LogP contribution in [0.15, 0.2) is 46.2 Å². The summed E-state index contributed by atoms with van der Waals surface area (Å²) < 4.78 is 61.5. The van der Waals surface area contributed by atoms with E-state index in [0.29, 0.717) is 5.39 Å². The normalized spacial score (nSPS) is 12.1. The average molecular weight is 296 g/mol. The molecule has 0 saturated carbocycles. The Labute approximate surface area is 122 Å². The molecule has 6 nitrogen and oxygen atoms in total. The van der Waals surface area contributed by atoms with E-state index in [1.807, 2.05) is 0 Å². The van der Waals surface area contributed by atoms with Gasteiger partial charge in [0.05, 0.1) is 9.79 Å². The van der Waals surface area contributed by atoms with E-state index in [4.69, 9.17) is 9.11 Å². The van der Waals surface area contributed by atoms with Crippen molar-refractivity contribution >= 4 is 49.9 Å². The third kappa shape index (κ3) is 3.57. The molecular weight excluding hydrogens is 287 g/mol. The van der Waals surface area contributed by atoms with Crippen LogP contribution in [-0.4, -0.2) is 44.8 Å². The summed E-state index contributed by atoms with van der Waals surface area (Å²) in [6.07, 6.45) is 0. The van der Waals surface area contributed by atoms with Gasteiger partial charge in [0.1, 0.15) is 0 Å². The van der Waals surface area contributed by atoms with E-state index in [1.54, 1.807) is 0 Å². The summed E-state index contributed by atoms with van der Waals surface area (Å²) in [7, 11) is -8.71. The molecule has 0 aliphatic rings. The molecule has 0 radical (unpaired) electrons. The van der Waals surface area contributed by atoms with Crippen LogP contribution in [0.2, 0.25) is 0 Å². The zero-order valence-corrected chi connectivity index (χ0v) is 10.4. The molecule has 98 valence electrons. The maximum atomic E-state index is 10.9. The molecule has 2 rings (SSSR count). The van der Waals surface area contributed by atoms with Crippen LogP contribution in [0.4, 0.5) is 0 Å². The molecule has 2 aromatic rings. The SMILES string of the molecule is O=S(=O)(O)c1ccc2ccc(S(=O)(=O)O)cc2c1.[LiH]. The molecule has 2 N–H and O–H groups in total. The van der Waals surface area contributed by atoms with E-state index in [9.17, 15) is 16.8 Å².